The van der Waals surface area contributed by atoms with Crippen LogP contribution in [-0.4, -0.2) is 47.8 Å². The van der Waals surface area contributed by atoms with Crippen LogP contribution in [0.25, 0.3) is 0 Å². The standard InChI is InChI=1S/C18H22N2O2/c21-16(14-6-7-14)19-10-12-20(13-11-19)17(22)18(8-9-18)15-4-2-1-3-5-15/h1-5,14H,6-13H2. The fourth-order valence-corrected chi connectivity index (χ4v) is 3.53. The Kier molecular flexibility index (Phi) is 3.21. The second-order valence-corrected chi connectivity index (χ2v) is 6.84. The van der Waals surface area contributed by atoms with Gasteiger partial charge in [0, 0.05) is 32.1 Å². The molecule has 0 radical (unpaired) electrons. The number of hydrogen-bond acceptors (Lipinski definition) is 2. The Balaban J connectivity index is 1.41. The van der Waals surface area contributed by atoms with Gasteiger partial charge in [0.1, 0.15) is 0 Å². The van der Waals surface area contributed by atoms with E-state index in [-0.39, 0.29) is 17.2 Å². The summed E-state index contributed by atoms with van der Waals surface area (Å²) < 4.78 is 0. The second-order valence-electron chi connectivity index (χ2n) is 6.84. The quantitative estimate of drug-likeness (QED) is 0.854. The van der Waals surface area contributed by atoms with Crippen LogP contribution < -0.4 is 0 Å². The van der Waals surface area contributed by atoms with Crippen LogP contribution in [0.3, 0.4) is 0 Å². The smallest absolute Gasteiger partial charge is 0.233 e. The predicted molar refractivity (Wildman–Crippen MR) is 83.2 cm³/mol. The zero-order valence-electron chi connectivity index (χ0n) is 12.8. The summed E-state index contributed by atoms with van der Waals surface area (Å²) in [4.78, 5) is 28.9. The van der Waals surface area contributed by atoms with Gasteiger partial charge in [0.15, 0.2) is 0 Å². The Bertz CT molecular complexity index is 582. The van der Waals surface area contributed by atoms with Crippen molar-refractivity contribution in [3.05, 3.63) is 35.9 Å². The molecule has 4 heteroatoms. The van der Waals surface area contributed by atoms with Gasteiger partial charge < -0.3 is 9.80 Å². The molecule has 0 bridgehead atoms. The Morgan fingerprint density at radius 3 is 2.05 bits per heavy atom. The molecule has 0 unspecified atom stereocenters. The number of rotatable bonds is 3. The summed E-state index contributed by atoms with van der Waals surface area (Å²) in [6.45, 7) is 2.77. The van der Waals surface area contributed by atoms with Crippen molar-refractivity contribution in [1.82, 2.24) is 9.80 Å². The molecule has 3 fully saturated rings. The van der Waals surface area contributed by atoms with Crippen molar-refractivity contribution in [2.24, 2.45) is 5.92 Å². The molecule has 22 heavy (non-hydrogen) atoms. The number of hydrogen-bond donors (Lipinski definition) is 0. The lowest BCUT2D eigenvalue weighted by Crippen LogP contribution is -2.53. The van der Waals surface area contributed by atoms with E-state index in [1.165, 1.54) is 0 Å². The Hall–Kier alpha value is -1.84. The Morgan fingerprint density at radius 2 is 1.50 bits per heavy atom. The highest BCUT2D eigenvalue weighted by molar-refractivity contribution is 5.91. The zero-order valence-corrected chi connectivity index (χ0v) is 12.8. The topological polar surface area (TPSA) is 40.6 Å². The van der Waals surface area contributed by atoms with Crippen LogP contribution in [0, 0.1) is 5.92 Å². The number of benzene rings is 1. The van der Waals surface area contributed by atoms with E-state index in [9.17, 15) is 9.59 Å². The van der Waals surface area contributed by atoms with Crippen LogP contribution >= 0.6 is 0 Å². The molecule has 116 valence electrons. The third-order valence-electron chi connectivity index (χ3n) is 5.29. The lowest BCUT2D eigenvalue weighted by atomic mass is 9.94. The number of amides is 2. The van der Waals surface area contributed by atoms with E-state index >= 15 is 0 Å². The van der Waals surface area contributed by atoms with Crippen LogP contribution in [0.1, 0.15) is 31.2 Å². The van der Waals surface area contributed by atoms with Crippen LogP contribution in [0.2, 0.25) is 0 Å². The molecule has 2 amide bonds. The zero-order chi connectivity index (χ0) is 15.2. The third kappa shape index (κ3) is 2.31. The maximum Gasteiger partial charge on any atom is 0.233 e. The predicted octanol–water partition coefficient (Wildman–Crippen LogP) is 1.80. The van der Waals surface area contributed by atoms with Crippen molar-refractivity contribution in [2.45, 2.75) is 31.1 Å². The normalized spacial score (nSPS) is 23.3. The average Bonchev–Trinajstić information content (AvgIpc) is 3.48. The van der Waals surface area contributed by atoms with Crippen molar-refractivity contribution >= 4 is 11.8 Å². The highest BCUT2D eigenvalue weighted by Gasteiger charge is 2.53. The van der Waals surface area contributed by atoms with Gasteiger partial charge in [0.05, 0.1) is 5.41 Å². The fraction of sp³-hybridized carbons (Fsp3) is 0.556. The minimum absolute atomic E-state index is 0.261. The molecule has 4 nitrogen and oxygen atoms in total. The number of carbonyl (C=O) groups excluding carboxylic acids is 2. The van der Waals surface area contributed by atoms with E-state index in [2.05, 4.69) is 12.1 Å². The van der Waals surface area contributed by atoms with Gasteiger partial charge in [-0.05, 0) is 31.2 Å². The van der Waals surface area contributed by atoms with Crippen LogP contribution in [-0.2, 0) is 15.0 Å². The third-order valence-corrected chi connectivity index (χ3v) is 5.29. The van der Waals surface area contributed by atoms with E-state index in [1.807, 2.05) is 28.0 Å². The van der Waals surface area contributed by atoms with E-state index in [4.69, 9.17) is 0 Å². The molecule has 2 aliphatic carbocycles. The lowest BCUT2D eigenvalue weighted by Gasteiger charge is -2.36. The minimum atomic E-state index is -0.274. The molecule has 0 aromatic heterocycles. The van der Waals surface area contributed by atoms with Crippen molar-refractivity contribution in [1.29, 1.82) is 0 Å². The van der Waals surface area contributed by atoms with Gasteiger partial charge in [-0.15, -0.1) is 0 Å². The van der Waals surface area contributed by atoms with Crippen LogP contribution in [0.4, 0.5) is 0 Å². The second kappa shape index (κ2) is 5.11. The molecule has 1 aromatic rings. The molecule has 0 atom stereocenters. The first kappa shape index (κ1) is 13.8. The molecule has 4 rings (SSSR count). The highest BCUT2D eigenvalue weighted by Crippen LogP contribution is 2.49. The molecular formula is C18H22N2O2. The van der Waals surface area contributed by atoms with Gasteiger partial charge in [0.2, 0.25) is 11.8 Å². The Morgan fingerprint density at radius 1 is 0.909 bits per heavy atom. The summed E-state index contributed by atoms with van der Waals surface area (Å²) in [5, 5.41) is 0. The summed E-state index contributed by atoms with van der Waals surface area (Å²) in [6.07, 6.45) is 4.01. The molecule has 1 aliphatic heterocycles. The molecule has 1 aromatic carbocycles. The molecule has 1 saturated heterocycles. The van der Waals surface area contributed by atoms with E-state index < -0.39 is 0 Å². The van der Waals surface area contributed by atoms with Gasteiger partial charge in [0.25, 0.3) is 0 Å². The van der Waals surface area contributed by atoms with Gasteiger partial charge in [-0.2, -0.15) is 0 Å². The Labute approximate surface area is 131 Å². The summed E-state index contributed by atoms with van der Waals surface area (Å²) in [6, 6.07) is 10.1. The van der Waals surface area contributed by atoms with E-state index in [0.717, 1.165) is 31.2 Å². The molecule has 0 spiro atoms. The van der Waals surface area contributed by atoms with Crippen LogP contribution in [0.5, 0.6) is 0 Å². The lowest BCUT2D eigenvalue weighted by molar-refractivity contribution is -0.141. The SMILES string of the molecule is O=C(C1CC1)N1CCN(C(=O)C2(c3ccccc3)CC2)CC1. The largest absolute Gasteiger partial charge is 0.339 e. The minimum Gasteiger partial charge on any atom is -0.339 e. The first-order valence-corrected chi connectivity index (χ1v) is 8.34. The maximum absolute atomic E-state index is 12.9. The first-order chi connectivity index (χ1) is 10.7. The monoisotopic (exact) mass is 298 g/mol. The molecule has 1 heterocycles. The highest BCUT2D eigenvalue weighted by atomic mass is 16.2. The van der Waals surface area contributed by atoms with E-state index in [0.29, 0.717) is 32.1 Å². The van der Waals surface area contributed by atoms with Gasteiger partial charge >= 0.3 is 0 Å². The van der Waals surface area contributed by atoms with Crippen molar-refractivity contribution < 1.29 is 9.59 Å². The number of piperazine rings is 1. The van der Waals surface area contributed by atoms with Gasteiger partial charge in [-0.25, -0.2) is 0 Å². The van der Waals surface area contributed by atoms with Crippen molar-refractivity contribution in [2.75, 3.05) is 26.2 Å². The fourth-order valence-electron chi connectivity index (χ4n) is 3.53. The molecule has 0 N–H and O–H groups in total. The summed E-state index contributed by atoms with van der Waals surface area (Å²) in [5.41, 5.74) is 0.876. The summed E-state index contributed by atoms with van der Waals surface area (Å²) >= 11 is 0. The first-order valence-electron chi connectivity index (χ1n) is 8.34. The average molecular weight is 298 g/mol. The number of carbonyl (C=O) groups is 2. The number of nitrogens with zero attached hydrogens (tertiary/aromatic N) is 2. The summed E-state index contributed by atoms with van der Waals surface area (Å²) in [7, 11) is 0. The van der Waals surface area contributed by atoms with Crippen LogP contribution in [0.15, 0.2) is 30.3 Å². The molecule has 2 saturated carbocycles. The van der Waals surface area contributed by atoms with Gasteiger partial charge in [-0.3, -0.25) is 9.59 Å². The summed E-state index contributed by atoms with van der Waals surface area (Å²) in [5.74, 6) is 0.842. The maximum atomic E-state index is 12.9. The molecular weight excluding hydrogens is 276 g/mol. The van der Waals surface area contributed by atoms with Crippen molar-refractivity contribution in [3.8, 4) is 0 Å². The van der Waals surface area contributed by atoms with Gasteiger partial charge in [-0.1, -0.05) is 30.3 Å². The molecule has 3 aliphatic rings. The van der Waals surface area contributed by atoms with E-state index in [1.54, 1.807) is 0 Å². The van der Waals surface area contributed by atoms with Crippen molar-refractivity contribution in [3.63, 3.8) is 0 Å².